The van der Waals surface area contributed by atoms with Gasteiger partial charge in [-0.15, -0.1) is 0 Å². The van der Waals surface area contributed by atoms with E-state index in [0.717, 1.165) is 23.4 Å². The van der Waals surface area contributed by atoms with E-state index in [1.54, 1.807) is 0 Å². The van der Waals surface area contributed by atoms with Crippen molar-refractivity contribution in [2.24, 2.45) is 0 Å². The van der Waals surface area contributed by atoms with E-state index in [0.29, 0.717) is 13.0 Å². The van der Waals surface area contributed by atoms with Crippen LogP contribution in [0.15, 0.2) is 36.5 Å². The summed E-state index contributed by atoms with van der Waals surface area (Å²) in [5.74, 6) is 0. The van der Waals surface area contributed by atoms with E-state index in [2.05, 4.69) is 10.3 Å². The van der Waals surface area contributed by atoms with E-state index in [4.69, 9.17) is 5.73 Å². The topological polar surface area (TPSA) is 50.9 Å². The molecule has 1 aromatic heterocycles. The lowest BCUT2D eigenvalue weighted by molar-refractivity contribution is -0.141. The summed E-state index contributed by atoms with van der Waals surface area (Å²) in [5, 5.41) is 2.93. The van der Waals surface area contributed by atoms with Gasteiger partial charge in [-0.25, -0.2) is 4.98 Å². The summed E-state index contributed by atoms with van der Waals surface area (Å²) in [7, 11) is 0. The van der Waals surface area contributed by atoms with Gasteiger partial charge in [0.25, 0.3) is 0 Å². The minimum atomic E-state index is -4.47. The highest BCUT2D eigenvalue weighted by atomic mass is 19.4. The van der Waals surface area contributed by atoms with E-state index in [-0.39, 0.29) is 11.4 Å². The molecule has 21 heavy (non-hydrogen) atoms. The Bertz CT molecular complexity index is 624. The molecule has 1 aromatic carbocycles. The lowest BCUT2D eigenvalue weighted by atomic mass is 10.1. The van der Waals surface area contributed by atoms with Gasteiger partial charge in [-0.05, 0) is 25.0 Å². The molecular formula is C15H16F3N3. The number of nitrogens with one attached hydrogen (secondary N) is 1. The van der Waals surface area contributed by atoms with Crippen molar-refractivity contribution in [3.63, 3.8) is 0 Å². The number of hydrogen-bond acceptors (Lipinski definition) is 3. The first kappa shape index (κ1) is 15.2. The first-order valence-corrected chi connectivity index (χ1v) is 6.48. The Morgan fingerprint density at radius 3 is 2.67 bits per heavy atom. The highest BCUT2D eigenvalue weighted by molar-refractivity contribution is 5.65. The number of nitrogens with two attached hydrogens (primary N) is 1. The van der Waals surface area contributed by atoms with Crippen LogP contribution in [0.25, 0.3) is 0 Å². The molecule has 0 fully saturated rings. The van der Waals surface area contributed by atoms with Crippen LogP contribution in [-0.2, 0) is 12.6 Å². The predicted molar refractivity (Wildman–Crippen MR) is 77.0 cm³/mol. The summed E-state index contributed by atoms with van der Waals surface area (Å²) < 4.78 is 37.8. The van der Waals surface area contributed by atoms with Gasteiger partial charge in [-0.3, -0.25) is 0 Å². The molecule has 0 aliphatic carbocycles. The lowest BCUT2D eigenvalue weighted by Gasteiger charge is -2.12. The largest absolute Gasteiger partial charge is 0.433 e. The Balaban J connectivity index is 2.03. The van der Waals surface area contributed by atoms with Crippen LogP contribution in [0.5, 0.6) is 0 Å². The standard InChI is InChI=1S/C15H16F3N3/c1-10-3-2-4-11(7-10)5-6-20-13-8-14(15(16,17)18)21-9-12(13)19/h2-4,7-9H,5-6,19H2,1H3,(H,20,21). The summed E-state index contributed by atoms with van der Waals surface area (Å²) in [6.07, 6.45) is -2.75. The van der Waals surface area contributed by atoms with Gasteiger partial charge in [0.2, 0.25) is 0 Å². The van der Waals surface area contributed by atoms with E-state index in [1.165, 1.54) is 0 Å². The molecule has 0 bridgehead atoms. The van der Waals surface area contributed by atoms with Crippen molar-refractivity contribution in [1.82, 2.24) is 4.98 Å². The number of alkyl halides is 3. The molecule has 0 saturated heterocycles. The second-order valence-corrected chi connectivity index (χ2v) is 4.82. The highest BCUT2D eigenvalue weighted by Crippen LogP contribution is 2.30. The van der Waals surface area contributed by atoms with Crippen LogP contribution in [0.3, 0.4) is 0 Å². The third-order valence-corrected chi connectivity index (χ3v) is 3.04. The van der Waals surface area contributed by atoms with Crippen molar-refractivity contribution in [3.8, 4) is 0 Å². The van der Waals surface area contributed by atoms with Gasteiger partial charge in [0.1, 0.15) is 5.69 Å². The van der Waals surface area contributed by atoms with Crippen LogP contribution in [0.1, 0.15) is 16.8 Å². The van der Waals surface area contributed by atoms with Crippen molar-refractivity contribution < 1.29 is 13.2 Å². The molecule has 1 heterocycles. The van der Waals surface area contributed by atoms with Crippen LogP contribution in [0.2, 0.25) is 0 Å². The van der Waals surface area contributed by atoms with Gasteiger partial charge in [0.15, 0.2) is 0 Å². The second-order valence-electron chi connectivity index (χ2n) is 4.82. The molecule has 2 rings (SSSR count). The average Bonchev–Trinajstić information content (AvgIpc) is 2.39. The summed E-state index contributed by atoms with van der Waals surface area (Å²) in [6.45, 7) is 2.49. The fourth-order valence-electron chi connectivity index (χ4n) is 1.98. The normalized spacial score (nSPS) is 11.4. The van der Waals surface area contributed by atoms with Gasteiger partial charge in [-0.1, -0.05) is 29.8 Å². The first-order chi connectivity index (χ1) is 9.86. The summed E-state index contributed by atoms with van der Waals surface area (Å²) in [5.41, 5.74) is 7.42. The number of halogens is 3. The molecule has 0 saturated carbocycles. The zero-order chi connectivity index (χ0) is 15.5. The van der Waals surface area contributed by atoms with Crippen LogP contribution in [-0.4, -0.2) is 11.5 Å². The van der Waals surface area contributed by atoms with E-state index in [1.807, 2.05) is 31.2 Å². The minimum Gasteiger partial charge on any atom is -0.396 e. The van der Waals surface area contributed by atoms with Crippen LogP contribution in [0, 0.1) is 6.92 Å². The minimum absolute atomic E-state index is 0.201. The maximum Gasteiger partial charge on any atom is 0.433 e. The van der Waals surface area contributed by atoms with Crippen LogP contribution < -0.4 is 11.1 Å². The zero-order valence-corrected chi connectivity index (χ0v) is 11.5. The Hall–Kier alpha value is -2.24. The predicted octanol–water partition coefficient (Wildman–Crippen LogP) is 3.65. The molecule has 0 atom stereocenters. The smallest absolute Gasteiger partial charge is 0.396 e. The highest BCUT2D eigenvalue weighted by Gasteiger charge is 2.32. The van der Waals surface area contributed by atoms with E-state index >= 15 is 0 Å². The Kier molecular flexibility index (Phi) is 4.35. The van der Waals surface area contributed by atoms with Gasteiger partial charge in [-0.2, -0.15) is 13.2 Å². The molecule has 0 aliphatic rings. The average molecular weight is 295 g/mol. The number of pyridine rings is 1. The number of nitrogens with zero attached hydrogens (tertiary/aromatic N) is 1. The quantitative estimate of drug-likeness (QED) is 0.905. The molecular weight excluding hydrogens is 279 g/mol. The molecule has 0 unspecified atom stereocenters. The van der Waals surface area contributed by atoms with Crippen LogP contribution in [0.4, 0.5) is 24.5 Å². The molecule has 0 radical (unpaired) electrons. The number of nitrogen functional groups attached to an aromatic ring is 1. The Morgan fingerprint density at radius 2 is 2.00 bits per heavy atom. The molecule has 3 nitrogen and oxygen atoms in total. The second kappa shape index (κ2) is 6.03. The van der Waals surface area contributed by atoms with Crippen molar-refractivity contribution in [2.75, 3.05) is 17.6 Å². The van der Waals surface area contributed by atoms with Gasteiger partial charge < -0.3 is 11.1 Å². The third kappa shape index (κ3) is 4.11. The molecule has 0 spiro atoms. The van der Waals surface area contributed by atoms with Gasteiger partial charge >= 0.3 is 6.18 Å². The zero-order valence-electron chi connectivity index (χ0n) is 11.5. The van der Waals surface area contributed by atoms with E-state index < -0.39 is 11.9 Å². The van der Waals surface area contributed by atoms with Crippen molar-refractivity contribution in [1.29, 1.82) is 0 Å². The third-order valence-electron chi connectivity index (χ3n) is 3.04. The molecule has 0 amide bonds. The van der Waals surface area contributed by atoms with Crippen LogP contribution >= 0.6 is 0 Å². The number of hydrogen-bond donors (Lipinski definition) is 2. The summed E-state index contributed by atoms with van der Waals surface area (Å²) in [6, 6.07) is 8.90. The monoisotopic (exact) mass is 295 g/mol. The van der Waals surface area contributed by atoms with Gasteiger partial charge in [0, 0.05) is 6.54 Å². The molecule has 112 valence electrons. The maximum absolute atomic E-state index is 12.6. The molecule has 2 aromatic rings. The number of benzene rings is 1. The first-order valence-electron chi connectivity index (χ1n) is 6.48. The fourth-order valence-corrected chi connectivity index (χ4v) is 1.98. The molecule has 6 heteroatoms. The Morgan fingerprint density at radius 1 is 1.24 bits per heavy atom. The fraction of sp³-hybridized carbons (Fsp3) is 0.267. The molecule has 3 N–H and O–H groups in total. The number of anilines is 2. The van der Waals surface area contributed by atoms with E-state index in [9.17, 15) is 13.2 Å². The number of aromatic nitrogens is 1. The lowest BCUT2D eigenvalue weighted by Crippen LogP contribution is -2.12. The summed E-state index contributed by atoms with van der Waals surface area (Å²) >= 11 is 0. The maximum atomic E-state index is 12.6. The van der Waals surface area contributed by atoms with Gasteiger partial charge in [0.05, 0.1) is 17.6 Å². The molecule has 0 aliphatic heterocycles. The number of aryl methyl sites for hydroxylation is 1. The van der Waals surface area contributed by atoms with Crippen molar-refractivity contribution in [3.05, 3.63) is 53.3 Å². The van der Waals surface area contributed by atoms with Crippen molar-refractivity contribution in [2.45, 2.75) is 19.5 Å². The number of rotatable bonds is 4. The van der Waals surface area contributed by atoms with Crippen molar-refractivity contribution >= 4 is 11.4 Å². The Labute approximate surface area is 121 Å². The summed E-state index contributed by atoms with van der Waals surface area (Å²) in [4.78, 5) is 3.30. The SMILES string of the molecule is Cc1cccc(CCNc2cc(C(F)(F)F)ncc2N)c1.